The van der Waals surface area contributed by atoms with Crippen molar-refractivity contribution in [1.29, 1.82) is 0 Å². The molecule has 0 radical (unpaired) electrons. The lowest BCUT2D eigenvalue weighted by Crippen LogP contribution is -2.42. The highest BCUT2D eigenvalue weighted by Gasteiger charge is 2.29. The van der Waals surface area contributed by atoms with Crippen LogP contribution in [0.3, 0.4) is 0 Å². The Kier molecular flexibility index (Phi) is 5.35. The number of aryl methyl sites for hydroxylation is 1. The molecule has 4 N–H and O–H groups in total. The van der Waals surface area contributed by atoms with Gasteiger partial charge in [0.1, 0.15) is 6.04 Å². The van der Waals surface area contributed by atoms with Crippen LogP contribution in [0.2, 0.25) is 5.02 Å². The number of hydrogen-bond acceptors (Lipinski definition) is 3. The first-order chi connectivity index (χ1) is 15.5. The van der Waals surface area contributed by atoms with Crippen LogP contribution >= 0.6 is 11.6 Å². The van der Waals surface area contributed by atoms with Gasteiger partial charge in [-0.3, -0.25) is 14.4 Å². The summed E-state index contributed by atoms with van der Waals surface area (Å²) in [4.78, 5) is 41.2. The maximum atomic E-state index is 12.7. The molecule has 3 amide bonds. The smallest absolute Gasteiger partial charge is 0.254 e. The van der Waals surface area contributed by atoms with Gasteiger partial charge in [0, 0.05) is 28.0 Å². The number of fused-ring (bicyclic) bond motifs is 4. The molecule has 8 heteroatoms. The summed E-state index contributed by atoms with van der Waals surface area (Å²) in [5.74, 6) is -0.787. The molecule has 1 aliphatic heterocycles. The van der Waals surface area contributed by atoms with Crippen molar-refractivity contribution in [1.82, 2.24) is 15.6 Å². The van der Waals surface area contributed by atoms with Gasteiger partial charge in [0.15, 0.2) is 0 Å². The van der Waals surface area contributed by atoms with Crippen molar-refractivity contribution in [2.75, 3.05) is 5.32 Å². The molecule has 5 rings (SSSR count). The van der Waals surface area contributed by atoms with Crippen molar-refractivity contribution in [3.05, 3.63) is 64.3 Å². The molecule has 32 heavy (non-hydrogen) atoms. The molecule has 1 aromatic heterocycles. The molecule has 2 atom stereocenters. The molecule has 2 aliphatic rings. The molecule has 2 heterocycles. The number of para-hydroxylation sites is 1. The Morgan fingerprint density at radius 3 is 2.88 bits per heavy atom. The highest BCUT2D eigenvalue weighted by Crippen LogP contribution is 2.35. The number of benzene rings is 2. The van der Waals surface area contributed by atoms with Crippen LogP contribution in [0.25, 0.3) is 10.9 Å². The maximum Gasteiger partial charge on any atom is 0.254 e. The molecule has 3 aromatic rings. The Balaban J connectivity index is 1.25. The number of halogens is 1. The number of carbonyl (C=O) groups is 3. The fourth-order valence-corrected chi connectivity index (χ4v) is 4.81. The van der Waals surface area contributed by atoms with Crippen LogP contribution in [-0.4, -0.2) is 28.7 Å². The van der Waals surface area contributed by atoms with Gasteiger partial charge in [0.2, 0.25) is 11.8 Å². The Labute approximate surface area is 189 Å². The fraction of sp³-hybridized carbons (Fsp3) is 0.292. The van der Waals surface area contributed by atoms with E-state index in [0.717, 1.165) is 35.9 Å². The number of aromatic amines is 1. The van der Waals surface area contributed by atoms with E-state index < -0.39 is 6.04 Å². The molecule has 0 fully saturated rings. The van der Waals surface area contributed by atoms with Gasteiger partial charge >= 0.3 is 0 Å². The second kappa shape index (κ2) is 8.31. The van der Waals surface area contributed by atoms with Crippen molar-refractivity contribution >= 4 is 45.9 Å². The van der Waals surface area contributed by atoms with Crippen LogP contribution in [0.1, 0.15) is 53.3 Å². The van der Waals surface area contributed by atoms with Crippen LogP contribution in [0.4, 0.5) is 5.69 Å². The van der Waals surface area contributed by atoms with Gasteiger partial charge in [0.05, 0.1) is 17.3 Å². The van der Waals surface area contributed by atoms with Crippen LogP contribution in [-0.2, 0) is 16.0 Å². The Morgan fingerprint density at radius 2 is 2.00 bits per heavy atom. The van der Waals surface area contributed by atoms with Gasteiger partial charge in [-0.05, 0) is 61.6 Å². The molecule has 0 bridgehead atoms. The summed E-state index contributed by atoms with van der Waals surface area (Å²) in [6.07, 6.45) is 3.11. The number of hydrogen-bond donors (Lipinski definition) is 4. The predicted octanol–water partition coefficient (Wildman–Crippen LogP) is 3.85. The maximum absolute atomic E-state index is 12.7. The van der Waals surface area contributed by atoms with Gasteiger partial charge in [-0.2, -0.15) is 0 Å². The summed E-state index contributed by atoms with van der Waals surface area (Å²) < 4.78 is 0. The number of carbonyl (C=O) groups excluding carboxylic acids is 3. The topological polar surface area (TPSA) is 103 Å². The Bertz CT molecular complexity index is 1240. The normalized spacial score (nSPS) is 20.0. The highest BCUT2D eigenvalue weighted by molar-refractivity contribution is 6.31. The van der Waals surface area contributed by atoms with Crippen molar-refractivity contribution in [2.45, 2.75) is 44.2 Å². The van der Waals surface area contributed by atoms with E-state index >= 15 is 0 Å². The van der Waals surface area contributed by atoms with Gasteiger partial charge in [-0.1, -0.05) is 23.7 Å². The quantitative estimate of drug-likeness (QED) is 0.485. The first kappa shape index (κ1) is 20.6. The second-order valence-electron chi connectivity index (χ2n) is 8.32. The number of anilines is 1. The number of rotatable bonds is 4. The highest BCUT2D eigenvalue weighted by atomic mass is 35.5. The molecule has 7 nitrogen and oxygen atoms in total. The molecule has 0 saturated heterocycles. The molecule has 0 spiro atoms. The van der Waals surface area contributed by atoms with E-state index in [1.807, 2.05) is 18.2 Å². The van der Waals surface area contributed by atoms with Crippen molar-refractivity contribution < 1.29 is 14.4 Å². The van der Waals surface area contributed by atoms with Gasteiger partial charge in [-0.15, -0.1) is 0 Å². The van der Waals surface area contributed by atoms with Crippen molar-refractivity contribution in [3.8, 4) is 0 Å². The van der Waals surface area contributed by atoms with E-state index in [-0.39, 0.29) is 36.6 Å². The third-order valence-corrected chi connectivity index (χ3v) is 6.45. The number of nitrogens with one attached hydrogen (secondary N) is 4. The van der Waals surface area contributed by atoms with Gasteiger partial charge < -0.3 is 20.9 Å². The third kappa shape index (κ3) is 3.84. The summed E-state index contributed by atoms with van der Waals surface area (Å²) in [6.45, 7) is 0. The average molecular weight is 451 g/mol. The molecule has 1 aliphatic carbocycles. The lowest BCUT2D eigenvalue weighted by Gasteiger charge is -2.24. The van der Waals surface area contributed by atoms with E-state index in [0.29, 0.717) is 16.3 Å². The molecule has 0 saturated carbocycles. The lowest BCUT2D eigenvalue weighted by atomic mass is 9.91. The molecule has 0 unspecified atom stereocenters. The lowest BCUT2D eigenvalue weighted by molar-refractivity contribution is -0.122. The second-order valence-corrected chi connectivity index (χ2v) is 8.76. The summed E-state index contributed by atoms with van der Waals surface area (Å²) in [5, 5.41) is 10.4. The van der Waals surface area contributed by atoms with Crippen molar-refractivity contribution in [2.24, 2.45) is 0 Å². The zero-order valence-electron chi connectivity index (χ0n) is 17.3. The summed E-state index contributed by atoms with van der Waals surface area (Å²) in [6, 6.07) is 11.7. The Morgan fingerprint density at radius 1 is 1.16 bits per heavy atom. The van der Waals surface area contributed by atoms with E-state index in [4.69, 9.17) is 11.6 Å². The van der Waals surface area contributed by atoms with E-state index in [2.05, 4.69) is 20.9 Å². The van der Waals surface area contributed by atoms with E-state index in [1.165, 1.54) is 5.56 Å². The molecule has 164 valence electrons. The van der Waals surface area contributed by atoms with Gasteiger partial charge in [0.25, 0.3) is 5.91 Å². The van der Waals surface area contributed by atoms with Crippen molar-refractivity contribution in [3.63, 3.8) is 0 Å². The first-order valence-electron chi connectivity index (χ1n) is 10.8. The molecule has 2 aromatic carbocycles. The minimum Gasteiger partial charge on any atom is -0.356 e. The first-order valence-corrected chi connectivity index (χ1v) is 11.2. The summed E-state index contributed by atoms with van der Waals surface area (Å²) >= 11 is 6.17. The number of aromatic nitrogens is 1. The standard InChI is InChI=1S/C24H23ClN4O3/c25-13-8-9-18-16(12-13)14-5-3-7-19(22(14)27-18)26-21(30)11-10-20-24(32)28-17-6-2-1-4-15(17)23(31)29-20/h1-2,4,6,8-9,12,19-20,27H,3,5,7,10-11H2,(H,26,30)(H,28,32)(H,29,31)/t19-,20+/m1/s1. The predicted molar refractivity (Wildman–Crippen MR) is 123 cm³/mol. The summed E-state index contributed by atoms with van der Waals surface area (Å²) in [7, 11) is 0. The fourth-order valence-electron chi connectivity index (χ4n) is 4.64. The zero-order chi connectivity index (χ0) is 22.2. The minimum absolute atomic E-state index is 0.112. The third-order valence-electron chi connectivity index (χ3n) is 6.22. The number of H-pyrrole nitrogens is 1. The van der Waals surface area contributed by atoms with Gasteiger partial charge in [-0.25, -0.2) is 0 Å². The number of amides is 3. The molecular weight excluding hydrogens is 428 g/mol. The largest absolute Gasteiger partial charge is 0.356 e. The zero-order valence-corrected chi connectivity index (χ0v) is 18.1. The average Bonchev–Trinajstić information content (AvgIpc) is 3.10. The van der Waals surface area contributed by atoms with Crippen LogP contribution in [0.15, 0.2) is 42.5 Å². The minimum atomic E-state index is -0.766. The SMILES string of the molecule is O=C(CC[C@@H]1NC(=O)c2ccccc2NC1=O)N[C@@H]1CCCc2c1[nH]c1ccc(Cl)cc21. The van der Waals surface area contributed by atoms with E-state index in [9.17, 15) is 14.4 Å². The van der Waals surface area contributed by atoms with Crippen LogP contribution in [0.5, 0.6) is 0 Å². The molecular formula is C24H23ClN4O3. The Hall–Kier alpha value is -3.32. The van der Waals surface area contributed by atoms with Crippen LogP contribution < -0.4 is 16.0 Å². The summed E-state index contributed by atoms with van der Waals surface area (Å²) in [5.41, 5.74) is 4.14. The van der Waals surface area contributed by atoms with Crippen LogP contribution in [0, 0.1) is 0 Å². The monoisotopic (exact) mass is 450 g/mol. The van der Waals surface area contributed by atoms with E-state index in [1.54, 1.807) is 24.3 Å².